The lowest BCUT2D eigenvalue weighted by molar-refractivity contribution is 0.450. The fourth-order valence-electron chi connectivity index (χ4n) is 2.58. The summed E-state index contributed by atoms with van der Waals surface area (Å²) in [6.07, 6.45) is 1.57. The van der Waals surface area contributed by atoms with E-state index in [0.717, 1.165) is 16.1 Å². The summed E-state index contributed by atoms with van der Waals surface area (Å²) < 4.78 is 1.79. The van der Waals surface area contributed by atoms with Crippen molar-refractivity contribution in [3.05, 3.63) is 63.3 Å². The molecule has 5 nitrogen and oxygen atoms in total. The number of benzene rings is 2. The summed E-state index contributed by atoms with van der Waals surface area (Å²) in [5.74, 6) is -0.0104. The van der Waals surface area contributed by atoms with Gasteiger partial charge in [0.15, 0.2) is 0 Å². The number of thiazole rings is 1. The van der Waals surface area contributed by atoms with Crippen molar-refractivity contribution in [2.24, 2.45) is 10.1 Å². The molecule has 1 aromatic heterocycles. The molecule has 0 amide bonds. The van der Waals surface area contributed by atoms with Crippen LogP contribution in [0.1, 0.15) is 30.5 Å². The first kappa shape index (κ1) is 18.9. The SMILES string of the molecule is Cc1ccc(-c2csc(=NC(C)C)n2N=Cc2ccc(O)cc2O)cc1C. The highest BCUT2D eigenvalue weighted by molar-refractivity contribution is 7.07. The molecule has 0 fully saturated rings. The van der Waals surface area contributed by atoms with E-state index >= 15 is 0 Å². The second kappa shape index (κ2) is 7.80. The standard InChI is InChI=1S/C21H23N3O2S/c1-13(2)23-21-24(22-11-17-7-8-18(25)10-20(17)26)19(12-27-21)16-6-5-14(3)15(4)9-16/h5-13,25-26H,1-4H3. The highest BCUT2D eigenvalue weighted by Gasteiger charge is 2.09. The fraction of sp³-hybridized carbons (Fsp3) is 0.238. The Labute approximate surface area is 162 Å². The third-order valence-electron chi connectivity index (χ3n) is 4.18. The van der Waals surface area contributed by atoms with Crippen LogP contribution in [-0.4, -0.2) is 27.1 Å². The summed E-state index contributed by atoms with van der Waals surface area (Å²) in [5.41, 5.74) is 4.98. The number of aromatic nitrogens is 1. The maximum Gasteiger partial charge on any atom is 0.206 e. The molecule has 0 bridgehead atoms. The van der Waals surface area contributed by atoms with Crippen LogP contribution >= 0.6 is 11.3 Å². The van der Waals surface area contributed by atoms with Crippen LogP contribution in [0.2, 0.25) is 0 Å². The maximum atomic E-state index is 10.0. The highest BCUT2D eigenvalue weighted by Crippen LogP contribution is 2.24. The van der Waals surface area contributed by atoms with Crippen molar-refractivity contribution in [1.29, 1.82) is 0 Å². The van der Waals surface area contributed by atoms with Crippen LogP contribution in [0.5, 0.6) is 11.5 Å². The largest absolute Gasteiger partial charge is 0.508 e. The molecule has 0 saturated heterocycles. The zero-order valence-electron chi connectivity index (χ0n) is 15.8. The quantitative estimate of drug-likeness (QED) is 0.656. The van der Waals surface area contributed by atoms with Gasteiger partial charge in [0.25, 0.3) is 0 Å². The van der Waals surface area contributed by atoms with Crippen LogP contribution in [0, 0.1) is 13.8 Å². The van der Waals surface area contributed by atoms with Gasteiger partial charge in [-0.05, 0) is 57.0 Å². The lowest BCUT2D eigenvalue weighted by Crippen LogP contribution is -2.14. The van der Waals surface area contributed by atoms with E-state index in [1.165, 1.54) is 34.6 Å². The molecule has 3 rings (SSSR count). The van der Waals surface area contributed by atoms with Gasteiger partial charge < -0.3 is 10.2 Å². The van der Waals surface area contributed by atoms with Crippen LogP contribution in [-0.2, 0) is 0 Å². The number of phenols is 2. The van der Waals surface area contributed by atoms with Crippen molar-refractivity contribution in [2.45, 2.75) is 33.7 Å². The molecule has 0 unspecified atom stereocenters. The average Bonchev–Trinajstić information content (AvgIpc) is 2.98. The molecule has 0 aliphatic rings. The Bertz CT molecular complexity index is 1060. The summed E-state index contributed by atoms with van der Waals surface area (Å²) >= 11 is 1.53. The van der Waals surface area contributed by atoms with Crippen molar-refractivity contribution < 1.29 is 10.2 Å². The Morgan fingerprint density at radius 1 is 1.04 bits per heavy atom. The molecule has 0 aliphatic carbocycles. The molecule has 27 heavy (non-hydrogen) atoms. The van der Waals surface area contributed by atoms with Crippen LogP contribution in [0.3, 0.4) is 0 Å². The van der Waals surface area contributed by atoms with Crippen LogP contribution < -0.4 is 4.80 Å². The molecule has 2 N–H and O–H groups in total. The van der Waals surface area contributed by atoms with Crippen LogP contribution in [0.25, 0.3) is 11.3 Å². The third kappa shape index (κ3) is 4.28. The number of aryl methyl sites for hydroxylation is 2. The molecular weight excluding hydrogens is 358 g/mol. The molecule has 0 radical (unpaired) electrons. The molecule has 0 spiro atoms. The van der Waals surface area contributed by atoms with Crippen molar-refractivity contribution in [2.75, 3.05) is 0 Å². The summed E-state index contributed by atoms with van der Waals surface area (Å²) in [6, 6.07) is 10.9. The number of phenolic OH excluding ortho intramolecular Hbond substituents is 2. The predicted molar refractivity (Wildman–Crippen MR) is 111 cm³/mol. The second-order valence-corrected chi connectivity index (χ2v) is 7.56. The third-order valence-corrected chi connectivity index (χ3v) is 5.01. The lowest BCUT2D eigenvalue weighted by Gasteiger charge is -2.07. The van der Waals surface area contributed by atoms with E-state index in [1.807, 2.05) is 19.2 Å². The van der Waals surface area contributed by atoms with Gasteiger partial charge >= 0.3 is 0 Å². The molecule has 140 valence electrons. The van der Waals surface area contributed by atoms with Gasteiger partial charge in [0, 0.05) is 28.6 Å². The minimum absolute atomic E-state index is 0.0131. The summed E-state index contributed by atoms with van der Waals surface area (Å²) in [5, 5.41) is 26.1. The van der Waals surface area contributed by atoms with Gasteiger partial charge in [0.05, 0.1) is 11.9 Å². The van der Waals surface area contributed by atoms with Crippen molar-refractivity contribution in [3.63, 3.8) is 0 Å². The van der Waals surface area contributed by atoms with E-state index in [0.29, 0.717) is 5.56 Å². The first-order chi connectivity index (χ1) is 12.8. The van der Waals surface area contributed by atoms with E-state index in [1.54, 1.807) is 17.0 Å². The smallest absolute Gasteiger partial charge is 0.206 e. The minimum Gasteiger partial charge on any atom is -0.508 e. The van der Waals surface area contributed by atoms with E-state index in [4.69, 9.17) is 0 Å². The van der Waals surface area contributed by atoms with Gasteiger partial charge in [-0.25, -0.2) is 4.68 Å². The molecule has 1 heterocycles. The molecule has 3 aromatic rings. The van der Waals surface area contributed by atoms with Gasteiger partial charge in [0.2, 0.25) is 4.80 Å². The van der Waals surface area contributed by atoms with Crippen molar-refractivity contribution >= 4 is 17.6 Å². The van der Waals surface area contributed by atoms with Gasteiger partial charge in [-0.3, -0.25) is 4.99 Å². The summed E-state index contributed by atoms with van der Waals surface area (Å²) in [7, 11) is 0. The molecular formula is C21H23N3O2S. The zero-order valence-corrected chi connectivity index (χ0v) is 16.7. The summed E-state index contributed by atoms with van der Waals surface area (Å²) in [6.45, 7) is 8.23. The van der Waals surface area contributed by atoms with Gasteiger partial charge in [-0.2, -0.15) is 5.10 Å². The first-order valence-electron chi connectivity index (χ1n) is 8.73. The first-order valence-corrected chi connectivity index (χ1v) is 9.61. The highest BCUT2D eigenvalue weighted by atomic mass is 32.1. The van der Waals surface area contributed by atoms with Crippen LogP contribution in [0.4, 0.5) is 0 Å². The zero-order chi connectivity index (χ0) is 19.6. The normalized spacial score (nSPS) is 12.4. The number of hydrogen-bond donors (Lipinski definition) is 2. The van der Waals surface area contributed by atoms with E-state index in [2.05, 4.69) is 42.1 Å². The van der Waals surface area contributed by atoms with Gasteiger partial charge in [0.1, 0.15) is 11.5 Å². The Kier molecular flexibility index (Phi) is 5.46. The topological polar surface area (TPSA) is 70.1 Å². The fourth-order valence-corrected chi connectivity index (χ4v) is 3.55. The molecule has 6 heteroatoms. The van der Waals surface area contributed by atoms with Crippen molar-refractivity contribution in [1.82, 2.24) is 4.68 Å². The molecule has 0 saturated carbocycles. The maximum absolute atomic E-state index is 10.0. The van der Waals surface area contributed by atoms with Gasteiger partial charge in [-0.15, -0.1) is 11.3 Å². The molecule has 2 aromatic carbocycles. The number of hydrogen-bond acceptors (Lipinski definition) is 5. The lowest BCUT2D eigenvalue weighted by atomic mass is 10.1. The Balaban J connectivity index is 2.12. The van der Waals surface area contributed by atoms with E-state index in [9.17, 15) is 10.2 Å². The molecule has 0 atom stereocenters. The second-order valence-electron chi connectivity index (χ2n) is 6.72. The summed E-state index contributed by atoms with van der Waals surface area (Å²) in [4.78, 5) is 5.44. The van der Waals surface area contributed by atoms with Gasteiger partial charge in [-0.1, -0.05) is 12.1 Å². The Morgan fingerprint density at radius 2 is 1.81 bits per heavy atom. The Morgan fingerprint density at radius 3 is 2.48 bits per heavy atom. The van der Waals surface area contributed by atoms with Crippen LogP contribution in [0.15, 0.2) is 51.9 Å². The number of aromatic hydroxyl groups is 2. The monoisotopic (exact) mass is 381 g/mol. The predicted octanol–water partition coefficient (Wildman–Crippen LogP) is 4.44. The van der Waals surface area contributed by atoms with E-state index in [-0.39, 0.29) is 17.5 Å². The van der Waals surface area contributed by atoms with Crippen molar-refractivity contribution in [3.8, 4) is 22.8 Å². The minimum atomic E-state index is -0.0235. The average molecular weight is 382 g/mol. The number of rotatable bonds is 4. The molecule has 0 aliphatic heterocycles. The van der Waals surface area contributed by atoms with E-state index < -0.39 is 0 Å². The number of nitrogens with zero attached hydrogens (tertiary/aromatic N) is 3. The Hall–Kier alpha value is -2.86.